The number of ether oxygens (including phenoxy) is 4. The van der Waals surface area contributed by atoms with Gasteiger partial charge < -0.3 is 18.9 Å². The Labute approximate surface area is 129 Å². The second-order valence-corrected chi connectivity index (χ2v) is 5.63. The van der Waals surface area contributed by atoms with Crippen LogP contribution in [0, 0.1) is 0 Å². The van der Waals surface area contributed by atoms with Crippen molar-refractivity contribution in [3.05, 3.63) is 12.4 Å². The Morgan fingerprint density at radius 2 is 1.19 bits per heavy atom. The van der Waals surface area contributed by atoms with Gasteiger partial charge in [0, 0.05) is 22.6 Å². The minimum Gasteiger partial charge on any atom is -0.382 e. The molecule has 0 aliphatic rings. The molecular formula is C12H26BO7P+. The van der Waals surface area contributed by atoms with Gasteiger partial charge in [-0.15, -0.1) is 0 Å². The van der Waals surface area contributed by atoms with Gasteiger partial charge in [-0.25, -0.2) is 0 Å². The van der Waals surface area contributed by atoms with E-state index in [0.29, 0.717) is 39.6 Å². The summed E-state index contributed by atoms with van der Waals surface area (Å²) in [6.45, 7) is 6.70. The summed E-state index contributed by atoms with van der Waals surface area (Å²) in [6, 6.07) is 0. The van der Waals surface area contributed by atoms with Crippen LogP contribution >= 0.6 is 7.94 Å². The van der Waals surface area contributed by atoms with E-state index in [2.05, 4.69) is 6.58 Å². The van der Waals surface area contributed by atoms with E-state index in [0.717, 1.165) is 0 Å². The average Bonchev–Trinajstić information content (AvgIpc) is 2.46. The van der Waals surface area contributed by atoms with Crippen molar-refractivity contribution in [2.75, 3.05) is 67.1 Å². The van der Waals surface area contributed by atoms with E-state index in [-0.39, 0.29) is 21.6 Å². The van der Waals surface area contributed by atoms with E-state index in [1.807, 2.05) is 0 Å². The maximum Gasteiger partial charge on any atom is 0.438 e. The number of methoxy groups -OCH3 is 2. The fraction of sp³-hybridized carbons (Fsp3) is 0.833. The van der Waals surface area contributed by atoms with Crippen molar-refractivity contribution in [1.29, 1.82) is 0 Å². The van der Waals surface area contributed by atoms with Gasteiger partial charge in [0.05, 0.1) is 39.6 Å². The molecule has 0 rings (SSSR count). The Kier molecular flexibility index (Phi) is 18.1. The SMILES string of the molecule is C=C[P+](O)(OCCOCCOC)OCCOCCOC.[B]. The molecule has 21 heavy (non-hydrogen) atoms. The first-order chi connectivity index (χ1) is 9.68. The standard InChI is InChI=1S/C12H26O7P.B/c1-4-20(13,18-11-9-16-7-5-14-2)19-12-10-17-8-6-15-3;/h4,13H,1,5-12H2,2-3H3;/q+1;. The largest absolute Gasteiger partial charge is 0.438 e. The van der Waals surface area contributed by atoms with Crippen LogP contribution in [0.5, 0.6) is 0 Å². The van der Waals surface area contributed by atoms with E-state index in [4.69, 9.17) is 28.0 Å². The van der Waals surface area contributed by atoms with Crippen LogP contribution < -0.4 is 0 Å². The third-order valence-corrected chi connectivity index (χ3v) is 3.67. The van der Waals surface area contributed by atoms with Crippen molar-refractivity contribution < 1.29 is 32.9 Å². The Morgan fingerprint density at radius 3 is 1.52 bits per heavy atom. The van der Waals surface area contributed by atoms with Gasteiger partial charge in [0.1, 0.15) is 19.0 Å². The Hall–Kier alpha value is -0.0451. The van der Waals surface area contributed by atoms with E-state index < -0.39 is 7.94 Å². The smallest absolute Gasteiger partial charge is 0.382 e. The van der Waals surface area contributed by atoms with Crippen molar-refractivity contribution in [2.24, 2.45) is 0 Å². The van der Waals surface area contributed by atoms with Crippen LogP contribution in [-0.4, -0.2) is 80.4 Å². The average molecular weight is 324 g/mol. The van der Waals surface area contributed by atoms with Crippen molar-refractivity contribution >= 4 is 16.4 Å². The third kappa shape index (κ3) is 14.7. The van der Waals surface area contributed by atoms with Crippen LogP contribution in [0.25, 0.3) is 0 Å². The molecule has 7 nitrogen and oxygen atoms in total. The molecule has 0 aromatic carbocycles. The number of hydrogen-bond donors (Lipinski definition) is 1. The maximum atomic E-state index is 10.0. The summed E-state index contributed by atoms with van der Waals surface area (Å²) < 4.78 is 30.6. The molecule has 0 bridgehead atoms. The zero-order valence-corrected chi connectivity index (χ0v) is 13.8. The Morgan fingerprint density at radius 1 is 0.810 bits per heavy atom. The monoisotopic (exact) mass is 324 g/mol. The van der Waals surface area contributed by atoms with Gasteiger partial charge in [0.15, 0.2) is 0 Å². The maximum absolute atomic E-state index is 10.0. The summed E-state index contributed by atoms with van der Waals surface area (Å²) in [6.07, 6.45) is 0. The first-order valence-electron chi connectivity index (χ1n) is 6.36. The normalized spacial score (nSPS) is 11.2. The number of rotatable bonds is 15. The molecule has 1 N–H and O–H groups in total. The summed E-state index contributed by atoms with van der Waals surface area (Å²) >= 11 is 0. The van der Waals surface area contributed by atoms with E-state index in [1.165, 1.54) is 5.82 Å². The van der Waals surface area contributed by atoms with Crippen molar-refractivity contribution in [3.63, 3.8) is 0 Å². The van der Waals surface area contributed by atoms with Crippen LogP contribution in [0.15, 0.2) is 12.4 Å². The zero-order chi connectivity index (χ0) is 15.1. The molecule has 0 aliphatic carbocycles. The molecule has 0 atom stereocenters. The first kappa shape index (κ1) is 23.2. The van der Waals surface area contributed by atoms with Crippen molar-refractivity contribution in [3.8, 4) is 0 Å². The quantitative estimate of drug-likeness (QED) is 0.272. The fourth-order valence-electron chi connectivity index (χ4n) is 1.09. The van der Waals surface area contributed by atoms with E-state index >= 15 is 0 Å². The molecule has 0 fully saturated rings. The van der Waals surface area contributed by atoms with Gasteiger partial charge in [0.2, 0.25) is 0 Å². The molecule has 0 unspecified atom stereocenters. The van der Waals surface area contributed by atoms with E-state index in [1.54, 1.807) is 14.2 Å². The second kappa shape index (κ2) is 16.3. The highest BCUT2D eigenvalue weighted by Gasteiger charge is 2.36. The highest BCUT2D eigenvalue weighted by Crippen LogP contribution is 2.57. The van der Waals surface area contributed by atoms with E-state index in [9.17, 15) is 4.89 Å². The van der Waals surface area contributed by atoms with Crippen LogP contribution in [-0.2, 0) is 28.0 Å². The van der Waals surface area contributed by atoms with Gasteiger partial charge in [-0.05, 0) is 0 Å². The van der Waals surface area contributed by atoms with Crippen LogP contribution in [0.2, 0.25) is 0 Å². The number of hydrogen-bond acceptors (Lipinski definition) is 7. The summed E-state index contributed by atoms with van der Waals surface area (Å²) in [5, 5.41) is 0. The molecule has 0 aliphatic heterocycles. The summed E-state index contributed by atoms with van der Waals surface area (Å²) in [4.78, 5) is 10.0. The molecule has 0 amide bonds. The minimum atomic E-state index is -3.02. The Bertz CT molecular complexity index is 218. The summed E-state index contributed by atoms with van der Waals surface area (Å²) in [5.74, 6) is 1.29. The summed E-state index contributed by atoms with van der Waals surface area (Å²) in [5.41, 5.74) is 0. The molecule has 0 saturated heterocycles. The molecule has 0 aromatic rings. The lowest BCUT2D eigenvalue weighted by Crippen LogP contribution is -2.12. The highest BCUT2D eigenvalue weighted by atomic mass is 31.2. The molecule has 0 spiro atoms. The van der Waals surface area contributed by atoms with Crippen molar-refractivity contribution in [2.45, 2.75) is 0 Å². The van der Waals surface area contributed by atoms with Gasteiger partial charge in [-0.2, -0.15) is 13.9 Å². The lowest BCUT2D eigenvalue weighted by Gasteiger charge is -2.13. The third-order valence-electron chi connectivity index (χ3n) is 2.10. The molecule has 0 saturated carbocycles. The fourth-order valence-corrected chi connectivity index (χ4v) is 2.04. The molecular weight excluding hydrogens is 298 g/mol. The van der Waals surface area contributed by atoms with Crippen LogP contribution in [0.4, 0.5) is 0 Å². The highest BCUT2D eigenvalue weighted by molar-refractivity contribution is 7.63. The lowest BCUT2D eigenvalue weighted by molar-refractivity contribution is 0.0374. The predicted molar refractivity (Wildman–Crippen MR) is 82.4 cm³/mol. The zero-order valence-electron chi connectivity index (χ0n) is 12.9. The van der Waals surface area contributed by atoms with Gasteiger partial charge in [0.25, 0.3) is 0 Å². The topological polar surface area (TPSA) is 75.6 Å². The Balaban J connectivity index is 0. The van der Waals surface area contributed by atoms with Gasteiger partial charge in [-0.3, -0.25) is 0 Å². The molecule has 3 radical (unpaired) electrons. The van der Waals surface area contributed by atoms with Gasteiger partial charge >= 0.3 is 7.94 Å². The predicted octanol–water partition coefficient (Wildman–Crippen LogP) is 0.863. The second-order valence-electron chi connectivity index (χ2n) is 3.62. The molecule has 0 heterocycles. The molecule has 123 valence electrons. The minimum absolute atomic E-state index is 0. The van der Waals surface area contributed by atoms with Crippen molar-refractivity contribution in [1.82, 2.24) is 0 Å². The molecule has 9 heteroatoms. The summed E-state index contributed by atoms with van der Waals surface area (Å²) in [7, 11) is 0.183. The first-order valence-corrected chi connectivity index (χ1v) is 8.00. The van der Waals surface area contributed by atoms with Crippen LogP contribution in [0.1, 0.15) is 0 Å². The van der Waals surface area contributed by atoms with Gasteiger partial charge in [-0.1, -0.05) is 6.58 Å². The lowest BCUT2D eigenvalue weighted by atomic mass is 10.7. The van der Waals surface area contributed by atoms with Crippen LogP contribution in [0.3, 0.4) is 0 Å². The molecule has 0 aromatic heterocycles.